The third-order valence-corrected chi connectivity index (χ3v) is 20.8. The summed E-state index contributed by atoms with van der Waals surface area (Å²) in [6.07, 6.45) is -24.8. The van der Waals surface area contributed by atoms with Gasteiger partial charge in [-0.15, -0.1) is 0 Å². The molecule has 9 rings (SSSR count). The lowest BCUT2D eigenvalue weighted by atomic mass is 9.35. The van der Waals surface area contributed by atoms with Gasteiger partial charge in [-0.25, -0.2) is 9.59 Å². The molecular weight excluding hydrogens is 1000 g/mol. The maximum atomic E-state index is 12.6. The molecule has 0 aromatic rings. The first-order chi connectivity index (χ1) is 35.2. The van der Waals surface area contributed by atoms with E-state index in [4.69, 9.17) is 37.9 Å². The van der Waals surface area contributed by atoms with E-state index in [-0.39, 0.29) is 39.6 Å². The van der Waals surface area contributed by atoms with Crippen LogP contribution in [0.2, 0.25) is 0 Å². The number of allylic oxidation sites excluding steroid dienone is 3. The van der Waals surface area contributed by atoms with Gasteiger partial charge in [0.1, 0.15) is 73.2 Å². The van der Waals surface area contributed by atoms with E-state index >= 15 is 0 Å². The highest BCUT2D eigenvalue weighted by molar-refractivity contribution is 5.74. The van der Waals surface area contributed by atoms with E-state index in [2.05, 4.69) is 67.5 Å². The molecule has 0 radical (unpaired) electrons. The van der Waals surface area contributed by atoms with Gasteiger partial charge < -0.3 is 99.2 Å². The third kappa shape index (κ3) is 9.26. The van der Waals surface area contributed by atoms with E-state index in [0.29, 0.717) is 19.3 Å². The number of aliphatic hydroxyl groups is 10. The maximum Gasteiger partial charge on any atom is 0.335 e. The lowest BCUT2D eigenvalue weighted by Gasteiger charge is -2.70. The van der Waals surface area contributed by atoms with Gasteiger partial charge in [-0.3, -0.25) is 0 Å². The number of aliphatic hydroxyl groups excluding tert-OH is 10. The van der Waals surface area contributed by atoms with E-state index in [0.717, 1.165) is 32.1 Å². The molecule has 28 atom stereocenters. The molecule has 432 valence electrons. The molecule has 76 heavy (non-hydrogen) atoms. The molecule has 12 N–H and O–H groups in total. The molecule has 0 spiro atoms. The first kappa shape index (κ1) is 58.4. The van der Waals surface area contributed by atoms with Crippen molar-refractivity contribution in [2.75, 3.05) is 0 Å². The van der Waals surface area contributed by atoms with Gasteiger partial charge in [-0.2, -0.15) is 0 Å². The predicted octanol–water partition coefficient (Wildman–Crippen LogP) is 0.596. The Balaban J connectivity index is 0.990. The average molecular weight is 1090 g/mol. The number of aliphatic carboxylic acids is 2. The highest BCUT2D eigenvalue weighted by Crippen LogP contribution is 2.74. The van der Waals surface area contributed by atoms with Crippen LogP contribution in [-0.4, -0.2) is 208 Å². The van der Waals surface area contributed by atoms with Crippen molar-refractivity contribution < 1.29 is 109 Å². The molecule has 7 fully saturated rings. The van der Waals surface area contributed by atoms with Gasteiger partial charge in [0, 0.05) is 5.41 Å². The van der Waals surface area contributed by atoms with Crippen LogP contribution in [0.1, 0.15) is 121 Å². The van der Waals surface area contributed by atoms with Gasteiger partial charge in [-0.1, -0.05) is 73.1 Å². The molecule has 22 heteroatoms. The zero-order valence-electron chi connectivity index (χ0n) is 45.1. The lowest BCUT2D eigenvalue weighted by Crippen LogP contribution is -2.68. The Labute approximate surface area is 442 Å². The van der Waals surface area contributed by atoms with Crippen LogP contribution < -0.4 is 0 Å². The molecule has 0 amide bonds. The van der Waals surface area contributed by atoms with Crippen molar-refractivity contribution in [2.45, 2.75) is 256 Å². The van der Waals surface area contributed by atoms with Crippen LogP contribution in [0.15, 0.2) is 23.3 Å². The van der Waals surface area contributed by atoms with Crippen LogP contribution in [-0.2, 0) is 47.5 Å². The molecular formula is C54H84O22. The summed E-state index contributed by atoms with van der Waals surface area (Å²) in [5, 5.41) is 129. The molecule has 22 nitrogen and oxygen atoms in total. The minimum atomic E-state index is -2.16. The summed E-state index contributed by atoms with van der Waals surface area (Å²) in [6, 6.07) is 0. The molecule has 0 unspecified atom stereocenters. The van der Waals surface area contributed by atoms with Crippen LogP contribution in [0.4, 0.5) is 0 Å². The number of ether oxygens (including phenoxy) is 8. The maximum absolute atomic E-state index is 12.6. The molecule has 9 aliphatic rings. The number of hydrogen-bond donors (Lipinski definition) is 12. The van der Waals surface area contributed by atoms with E-state index in [1.54, 1.807) is 6.92 Å². The fourth-order valence-corrected chi connectivity index (χ4v) is 15.9. The fourth-order valence-electron chi connectivity index (χ4n) is 15.9. The van der Waals surface area contributed by atoms with Gasteiger partial charge in [0.25, 0.3) is 0 Å². The van der Waals surface area contributed by atoms with Gasteiger partial charge in [-0.05, 0) is 110 Å². The van der Waals surface area contributed by atoms with Gasteiger partial charge in [0.05, 0.1) is 24.4 Å². The van der Waals surface area contributed by atoms with E-state index in [1.807, 2.05) is 0 Å². The van der Waals surface area contributed by atoms with Crippen LogP contribution in [0.3, 0.4) is 0 Å². The standard InChI is InChI=1S/C54H84O22/c1-21-29(55)31(57)37(63)45(69-21)72-28-20-49(3,4)19-24-23-11-12-26-52(8)15-14-27(50(5,6)25(52)13-16-54(26,10)53(23,9)18-17-51(24,28)7)71-47-41(35(61)33(59)39(73-47)43(65)66)76-48-42(36(62)34(60)40(74-48)44(67)68)75-46-38(64)32(58)30(56)22(2)70-46/h11-12,21-22,25-42,45-48,55-64H,13-20H2,1-10H3,(H,65,66)(H,67,68)/t21-,22-,25-,26+,27-,28+,29-,30-,31+,32+,33-,34-,35-,36-,37+,38+,39-,40-,41+,42+,45-,46-,47+,48-,51+,52-,53+,54+/m0/s1. The van der Waals surface area contributed by atoms with Crippen LogP contribution in [0, 0.1) is 44.3 Å². The van der Waals surface area contributed by atoms with E-state index in [9.17, 15) is 70.9 Å². The summed E-state index contributed by atoms with van der Waals surface area (Å²) in [7, 11) is 0. The second-order valence-corrected chi connectivity index (χ2v) is 26.2. The molecule has 4 heterocycles. The fraction of sp³-hybridized carbons (Fsp3) is 0.889. The van der Waals surface area contributed by atoms with Crippen molar-refractivity contribution in [1.29, 1.82) is 0 Å². The number of carbonyl (C=O) groups is 2. The van der Waals surface area contributed by atoms with Crippen LogP contribution in [0.25, 0.3) is 0 Å². The SMILES string of the molecule is C[C@@H]1O[C@@H](O[C@H]2[C@H](O[C@H]3[C@H](O[C@H]4CC[C@]5(C)[C@H]6C=CC7=C8CC(C)(C)C[C@@H](O[C@@H]9O[C@@H](C)[C@H](O)[C@@H](O)[C@H]9O)[C@]8(C)CC[C@@]7(C)[C@]6(C)CC[C@H]5C4(C)C)O[C@H](C(=O)O)[C@@H](O)[C@@H]3O)O[C@H](C(=O)O)[C@@H](O)[C@@H]2O)[C@H](O)[C@H](O)[C@H]1O. The first-order valence-electron chi connectivity index (χ1n) is 27.2. The Kier molecular flexibility index (Phi) is 15.6. The normalized spacial score (nSPS) is 53.9. The number of hydrogen-bond acceptors (Lipinski definition) is 20. The topological polar surface area (TPSA) is 351 Å². The summed E-state index contributed by atoms with van der Waals surface area (Å²) in [5.74, 6) is -3.24. The second-order valence-electron chi connectivity index (χ2n) is 26.2. The van der Waals surface area contributed by atoms with Crippen molar-refractivity contribution >= 4 is 11.9 Å². The Morgan fingerprint density at radius 1 is 0.539 bits per heavy atom. The molecule has 3 saturated carbocycles. The quantitative estimate of drug-likeness (QED) is 0.133. The number of rotatable bonds is 10. The first-order valence-corrected chi connectivity index (χ1v) is 27.2. The zero-order valence-corrected chi connectivity index (χ0v) is 45.1. The van der Waals surface area contributed by atoms with Crippen LogP contribution in [0.5, 0.6) is 0 Å². The zero-order chi connectivity index (χ0) is 55.9. The third-order valence-electron chi connectivity index (χ3n) is 20.8. The second kappa shape index (κ2) is 20.3. The number of fused-ring (bicyclic) bond motifs is 6. The summed E-state index contributed by atoms with van der Waals surface area (Å²) >= 11 is 0. The predicted molar refractivity (Wildman–Crippen MR) is 261 cm³/mol. The largest absolute Gasteiger partial charge is 0.479 e. The monoisotopic (exact) mass is 1080 g/mol. The molecule has 4 aliphatic heterocycles. The van der Waals surface area contributed by atoms with E-state index in [1.165, 1.54) is 18.1 Å². The Morgan fingerprint density at radius 3 is 1.55 bits per heavy atom. The number of carboxylic acid groups (broad SMARTS) is 2. The molecule has 0 aromatic carbocycles. The summed E-state index contributed by atoms with van der Waals surface area (Å²) in [5.41, 5.74) is 0.623. The highest BCUT2D eigenvalue weighted by atomic mass is 16.8. The summed E-state index contributed by atoms with van der Waals surface area (Å²) in [4.78, 5) is 24.9. The lowest BCUT2D eigenvalue weighted by molar-refractivity contribution is -0.392. The van der Waals surface area contributed by atoms with Gasteiger partial charge in [0.15, 0.2) is 37.4 Å². The molecule has 4 saturated heterocycles. The van der Waals surface area contributed by atoms with E-state index < -0.39 is 152 Å². The van der Waals surface area contributed by atoms with Crippen molar-refractivity contribution in [1.82, 2.24) is 0 Å². The highest BCUT2D eigenvalue weighted by Gasteiger charge is 2.68. The number of carboxylic acids is 2. The summed E-state index contributed by atoms with van der Waals surface area (Å²) < 4.78 is 48.7. The summed E-state index contributed by atoms with van der Waals surface area (Å²) in [6.45, 7) is 21.0. The van der Waals surface area contributed by atoms with Crippen molar-refractivity contribution in [3.8, 4) is 0 Å². The molecule has 0 aromatic heterocycles. The molecule has 0 bridgehead atoms. The smallest absolute Gasteiger partial charge is 0.335 e. The van der Waals surface area contributed by atoms with Crippen molar-refractivity contribution in [3.63, 3.8) is 0 Å². The van der Waals surface area contributed by atoms with Crippen LogP contribution >= 0.6 is 0 Å². The molecule has 5 aliphatic carbocycles. The van der Waals surface area contributed by atoms with Crippen molar-refractivity contribution in [3.05, 3.63) is 23.3 Å². The van der Waals surface area contributed by atoms with Gasteiger partial charge >= 0.3 is 11.9 Å². The average Bonchev–Trinajstić information content (AvgIpc) is 3.53. The Morgan fingerprint density at radius 2 is 1.03 bits per heavy atom. The van der Waals surface area contributed by atoms with Crippen molar-refractivity contribution in [2.24, 2.45) is 44.3 Å². The Bertz CT molecular complexity index is 2240. The Hall–Kier alpha value is -2.30. The minimum absolute atomic E-state index is 0.0112. The van der Waals surface area contributed by atoms with Gasteiger partial charge in [0.2, 0.25) is 0 Å². The minimum Gasteiger partial charge on any atom is -0.479 e.